The second kappa shape index (κ2) is 8.48. The van der Waals surface area contributed by atoms with Crippen molar-refractivity contribution in [2.75, 3.05) is 12.4 Å². The average molecular weight is 373 g/mol. The summed E-state index contributed by atoms with van der Waals surface area (Å²) in [4.78, 5) is 31.8. The van der Waals surface area contributed by atoms with Crippen molar-refractivity contribution >= 4 is 17.5 Å². The number of nitrogens with one attached hydrogen (secondary N) is 1. The number of pyridine rings is 1. The Bertz CT molecular complexity index is 951. The van der Waals surface area contributed by atoms with Crippen LogP contribution < -0.4 is 5.32 Å². The van der Waals surface area contributed by atoms with E-state index in [9.17, 15) is 9.59 Å². The molecular weight excluding hydrogens is 350 g/mol. The molecule has 0 fully saturated rings. The van der Waals surface area contributed by atoms with Gasteiger partial charge >= 0.3 is 0 Å². The van der Waals surface area contributed by atoms with Crippen LogP contribution in [0.15, 0.2) is 72.9 Å². The first-order valence-corrected chi connectivity index (χ1v) is 9.09. The van der Waals surface area contributed by atoms with Gasteiger partial charge in [0.15, 0.2) is 0 Å². The van der Waals surface area contributed by atoms with Crippen LogP contribution in [0.25, 0.3) is 0 Å². The van der Waals surface area contributed by atoms with Crippen LogP contribution in [-0.4, -0.2) is 28.7 Å². The van der Waals surface area contributed by atoms with E-state index in [4.69, 9.17) is 0 Å². The molecule has 5 heteroatoms. The lowest BCUT2D eigenvalue weighted by molar-refractivity contribution is -0.120. The lowest BCUT2D eigenvalue weighted by Gasteiger charge is -2.28. The van der Waals surface area contributed by atoms with E-state index in [1.807, 2.05) is 62.4 Å². The largest absolute Gasteiger partial charge is 0.324 e. The average Bonchev–Trinajstić information content (AvgIpc) is 2.72. The van der Waals surface area contributed by atoms with Gasteiger partial charge < -0.3 is 10.2 Å². The van der Waals surface area contributed by atoms with Crippen molar-refractivity contribution in [3.8, 4) is 0 Å². The second-order valence-corrected chi connectivity index (χ2v) is 6.70. The maximum absolute atomic E-state index is 13.3. The number of benzene rings is 2. The fraction of sp³-hybridized carbons (Fsp3) is 0.174. The Morgan fingerprint density at radius 1 is 0.893 bits per heavy atom. The van der Waals surface area contributed by atoms with Crippen molar-refractivity contribution in [3.63, 3.8) is 0 Å². The Morgan fingerprint density at radius 3 is 2.14 bits per heavy atom. The number of amides is 2. The van der Waals surface area contributed by atoms with E-state index >= 15 is 0 Å². The smallest absolute Gasteiger partial charge is 0.273 e. The maximum atomic E-state index is 13.3. The molecule has 0 aliphatic heterocycles. The van der Waals surface area contributed by atoms with Gasteiger partial charge in [0.05, 0.1) is 0 Å². The molecule has 0 bridgehead atoms. The zero-order chi connectivity index (χ0) is 20.1. The number of aryl methyl sites for hydroxylation is 2. The van der Waals surface area contributed by atoms with Crippen LogP contribution in [0.3, 0.4) is 0 Å². The molecule has 5 nitrogen and oxygen atoms in total. The molecule has 0 saturated heterocycles. The normalized spacial score (nSPS) is 11.5. The van der Waals surface area contributed by atoms with Gasteiger partial charge in [-0.05, 0) is 42.7 Å². The number of carbonyl (C=O) groups excluding carboxylic acids is 2. The van der Waals surface area contributed by atoms with Crippen LogP contribution in [0.2, 0.25) is 0 Å². The predicted molar refractivity (Wildman–Crippen MR) is 110 cm³/mol. The summed E-state index contributed by atoms with van der Waals surface area (Å²) >= 11 is 0. The Hall–Kier alpha value is -3.47. The first-order chi connectivity index (χ1) is 13.5. The van der Waals surface area contributed by atoms with E-state index < -0.39 is 6.04 Å². The Balaban J connectivity index is 1.95. The third-order valence-electron chi connectivity index (χ3n) is 4.68. The monoisotopic (exact) mass is 373 g/mol. The summed E-state index contributed by atoms with van der Waals surface area (Å²) < 4.78 is 0. The summed E-state index contributed by atoms with van der Waals surface area (Å²) in [6, 6.07) is 19.5. The van der Waals surface area contributed by atoms with E-state index in [1.165, 1.54) is 4.90 Å². The highest BCUT2D eigenvalue weighted by atomic mass is 16.2. The van der Waals surface area contributed by atoms with Crippen molar-refractivity contribution in [2.45, 2.75) is 19.9 Å². The summed E-state index contributed by atoms with van der Waals surface area (Å²) in [5.74, 6) is -0.582. The molecule has 28 heavy (non-hydrogen) atoms. The molecule has 1 unspecified atom stereocenters. The molecule has 0 radical (unpaired) electrons. The number of nitrogens with zero attached hydrogens (tertiary/aromatic N) is 2. The minimum absolute atomic E-state index is 0.268. The van der Waals surface area contributed by atoms with Crippen LogP contribution in [0.4, 0.5) is 5.69 Å². The van der Waals surface area contributed by atoms with Crippen LogP contribution >= 0.6 is 0 Å². The van der Waals surface area contributed by atoms with Crippen molar-refractivity contribution in [3.05, 3.63) is 95.3 Å². The number of aromatic nitrogens is 1. The van der Waals surface area contributed by atoms with Crippen LogP contribution in [-0.2, 0) is 4.79 Å². The third-order valence-corrected chi connectivity index (χ3v) is 4.68. The molecule has 1 N–H and O–H groups in total. The molecule has 0 spiro atoms. The molecule has 1 heterocycles. The molecule has 3 rings (SSSR count). The first kappa shape index (κ1) is 19.3. The number of likely N-dealkylation sites (N-methyl/N-ethyl adjacent to an activating group) is 1. The molecular formula is C23H23N3O2. The van der Waals surface area contributed by atoms with Crippen molar-refractivity contribution < 1.29 is 9.59 Å². The first-order valence-electron chi connectivity index (χ1n) is 9.09. The van der Waals surface area contributed by atoms with Gasteiger partial charge in [0.25, 0.3) is 11.8 Å². The molecule has 1 aromatic heterocycles. The number of hydrogen-bond acceptors (Lipinski definition) is 3. The number of hydrogen-bond donors (Lipinski definition) is 1. The highest BCUT2D eigenvalue weighted by molar-refractivity contribution is 6.01. The number of carbonyl (C=O) groups is 2. The topological polar surface area (TPSA) is 62.3 Å². The summed E-state index contributed by atoms with van der Waals surface area (Å²) in [6.45, 7) is 3.89. The van der Waals surface area contributed by atoms with Crippen LogP contribution in [0.1, 0.15) is 33.2 Å². The molecule has 1 atom stereocenters. The summed E-state index contributed by atoms with van der Waals surface area (Å²) in [5.41, 5.74) is 3.74. The van der Waals surface area contributed by atoms with Gasteiger partial charge in [-0.2, -0.15) is 0 Å². The SMILES string of the molecule is Cc1cccc(C)c1NC(=O)C(c1ccccc1)N(C)C(=O)c1ccccn1. The molecule has 0 aliphatic carbocycles. The maximum Gasteiger partial charge on any atom is 0.273 e. The van der Waals surface area contributed by atoms with Crippen molar-refractivity contribution in [1.82, 2.24) is 9.88 Å². The highest BCUT2D eigenvalue weighted by Gasteiger charge is 2.30. The summed E-state index contributed by atoms with van der Waals surface area (Å²) in [7, 11) is 1.62. The molecule has 2 amide bonds. The van der Waals surface area contributed by atoms with Gasteiger partial charge in [0, 0.05) is 18.9 Å². The highest BCUT2D eigenvalue weighted by Crippen LogP contribution is 2.26. The van der Waals surface area contributed by atoms with E-state index in [2.05, 4.69) is 10.3 Å². The van der Waals surface area contributed by atoms with Gasteiger partial charge in [-0.25, -0.2) is 0 Å². The minimum atomic E-state index is -0.783. The van der Waals surface area contributed by atoms with Crippen LogP contribution in [0.5, 0.6) is 0 Å². The fourth-order valence-electron chi connectivity index (χ4n) is 3.18. The molecule has 2 aromatic carbocycles. The standard InChI is InChI=1S/C23H23N3O2/c1-16-10-9-11-17(2)20(16)25-22(27)21(18-12-5-4-6-13-18)26(3)23(28)19-14-7-8-15-24-19/h4-15,21H,1-3H3,(H,25,27). The molecule has 0 aliphatic rings. The van der Waals surface area contributed by atoms with E-state index in [0.717, 1.165) is 22.4 Å². The fourth-order valence-corrected chi connectivity index (χ4v) is 3.18. The number of rotatable bonds is 5. The molecule has 0 saturated carbocycles. The van der Waals surface area contributed by atoms with Gasteiger partial charge in [0.1, 0.15) is 11.7 Å². The molecule has 142 valence electrons. The van der Waals surface area contributed by atoms with Gasteiger partial charge in [-0.15, -0.1) is 0 Å². The lowest BCUT2D eigenvalue weighted by atomic mass is 10.0. The lowest BCUT2D eigenvalue weighted by Crippen LogP contribution is -2.39. The predicted octanol–water partition coefficient (Wildman–Crippen LogP) is 4.15. The van der Waals surface area contributed by atoms with Gasteiger partial charge in [0.2, 0.25) is 0 Å². The quantitative estimate of drug-likeness (QED) is 0.731. The Kier molecular flexibility index (Phi) is 5.84. The Labute approximate surface area is 165 Å². The summed E-state index contributed by atoms with van der Waals surface area (Å²) in [5, 5.41) is 3.01. The van der Waals surface area contributed by atoms with E-state index in [1.54, 1.807) is 31.4 Å². The zero-order valence-electron chi connectivity index (χ0n) is 16.2. The van der Waals surface area contributed by atoms with Crippen molar-refractivity contribution in [2.24, 2.45) is 0 Å². The second-order valence-electron chi connectivity index (χ2n) is 6.70. The zero-order valence-corrected chi connectivity index (χ0v) is 16.2. The van der Waals surface area contributed by atoms with Gasteiger partial charge in [-0.1, -0.05) is 54.6 Å². The minimum Gasteiger partial charge on any atom is -0.324 e. The van der Waals surface area contributed by atoms with Gasteiger partial charge in [-0.3, -0.25) is 14.6 Å². The summed E-state index contributed by atoms with van der Waals surface area (Å²) in [6.07, 6.45) is 1.56. The third kappa shape index (κ3) is 4.09. The Morgan fingerprint density at radius 2 is 1.54 bits per heavy atom. The number of para-hydroxylation sites is 1. The van der Waals surface area contributed by atoms with Crippen molar-refractivity contribution in [1.29, 1.82) is 0 Å². The van der Waals surface area contributed by atoms with E-state index in [-0.39, 0.29) is 11.8 Å². The van der Waals surface area contributed by atoms with E-state index in [0.29, 0.717) is 5.69 Å². The molecule has 3 aromatic rings. The van der Waals surface area contributed by atoms with Crippen LogP contribution in [0, 0.1) is 13.8 Å². The number of anilines is 1.